The average molecular weight is 356 g/mol. The van der Waals surface area contributed by atoms with Crippen LogP contribution in [-0.4, -0.2) is 10.7 Å². The summed E-state index contributed by atoms with van der Waals surface area (Å²) in [6, 6.07) is 0. The van der Waals surface area contributed by atoms with E-state index in [9.17, 15) is 0 Å². The van der Waals surface area contributed by atoms with Gasteiger partial charge in [0.25, 0.3) is 0 Å². The second-order valence-corrected chi connectivity index (χ2v) is 15.5. The topological polar surface area (TPSA) is 0 Å². The molecule has 0 heterocycles. The molecule has 1 rings (SSSR count). The molecule has 1 aliphatic rings. The molecule has 0 aromatic rings. The Balaban J connectivity index is 3.18. The summed E-state index contributed by atoms with van der Waals surface area (Å²) in [5.74, 6) is 0. The van der Waals surface area contributed by atoms with Gasteiger partial charge in [0.15, 0.2) is 0 Å². The Bertz CT molecular complexity index is 308. The van der Waals surface area contributed by atoms with Crippen LogP contribution in [0.2, 0.25) is 0 Å². The summed E-state index contributed by atoms with van der Waals surface area (Å²) < 4.78 is 0. The highest BCUT2D eigenvalue weighted by Gasteiger charge is 2.37. The van der Waals surface area contributed by atoms with Gasteiger partial charge in [0.2, 0.25) is 0 Å². The van der Waals surface area contributed by atoms with Gasteiger partial charge in [-0.25, -0.2) is 0 Å². The molecule has 0 aliphatic heterocycles. The molecular formula is C11H20Cl4P2. The van der Waals surface area contributed by atoms with E-state index in [0.29, 0.717) is 5.66 Å². The first-order valence-electron chi connectivity index (χ1n) is 5.95. The van der Waals surface area contributed by atoms with Crippen LogP contribution in [-0.2, 0) is 0 Å². The number of rotatable bonds is 2. The van der Waals surface area contributed by atoms with Gasteiger partial charge in [-0.2, -0.15) is 0 Å². The third-order valence-corrected chi connectivity index (χ3v) is 13.5. The van der Waals surface area contributed by atoms with Crippen molar-refractivity contribution in [1.29, 1.82) is 0 Å². The summed E-state index contributed by atoms with van der Waals surface area (Å²) >= 11 is 25.9. The summed E-state index contributed by atoms with van der Waals surface area (Å²) in [6.07, 6.45) is 6.00. The smallest absolute Gasteiger partial charge is 0.0798 e. The summed E-state index contributed by atoms with van der Waals surface area (Å²) in [4.78, 5) is 0. The predicted octanol–water partition coefficient (Wildman–Crippen LogP) is 7.61. The van der Waals surface area contributed by atoms with Crippen LogP contribution in [0.5, 0.6) is 0 Å². The van der Waals surface area contributed by atoms with Gasteiger partial charge >= 0.3 is 0 Å². The van der Waals surface area contributed by atoms with Crippen molar-refractivity contribution in [3.63, 3.8) is 0 Å². The summed E-state index contributed by atoms with van der Waals surface area (Å²) in [7, 11) is 0. The largest absolute Gasteiger partial charge is 0.115 e. The number of halogens is 4. The first-order valence-corrected chi connectivity index (χ1v) is 12.8. The van der Waals surface area contributed by atoms with Gasteiger partial charge in [-0.3, -0.25) is 0 Å². The summed E-state index contributed by atoms with van der Waals surface area (Å²) in [6.45, 7) is 5.09. The number of hydrogen-bond acceptors (Lipinski definition) is 0. The van der Waals surface area contributed by atoms with E-state index in [1.54, 1.807) is 0 Å². The lowest BCUT2D eigenvalue weighted by Gasteiger charge is -2.35. The number of hydrogen-bond donors (Lipinski definition) is 0. The van der Waals surface area contributed by atoms with Crippen molar-refractivity contribution in [2.24, 2.45) is 5.41 Å². The standard InChI is InChI=1S/C11H20Cl4P2/c1-11(2,3)10(16(12)13)17(14,15)9-7-5-4-6-8-9/h9H,4-8H2,1-3H3. The lowest BCUT2D eigenvalue weighted by molar-refractivity contribution is 0.513. The Morgan fingerprint density at radius 3 is 1.88 bits per heavy atom. The molecule has 0 aromatic carbocycles. The fourth-order valence-electron chi connectivity index (χ4n) is 2.38. The second-order valence-electron chi connectivity index (χ2n) is 5.66. The van der Waals surface area contributed by atoms with Crippen molar-refractivity contribution in [1.82, 2.24) is 0 Å². The summed E-state index contributed by atoms with van der Waals surface area (Å²) in [5.41, 5.74) is -1.89. The van der Waals surface area contributed by atoms with E-state index >= 15 is 0 Å². The Hall–Kier alpha value is 1.89. The van der Waals surface area contributed by atoms with E-state index in [-0.39, 0.29) is 5.41 Å². The van der Waals surface area contributed by atoms with Crippen LogP contribution >= 0.6 is 57.2 Å². The molecule has 17 heavy (non-hydrogen) atoms. The minimum atomic E-state index is -2.18. The fraction of sp³-hybridized carbons (Fsp3) is 0.909. The van der Waals surface area contributed by atoms with Crippen LogP contribution in [0.25, 0.3) is 0 Å². The third kappa shape index (κ3) is 4.44. The van der Waals surface area contributed by atoms with Gasteiger partial charge in [-0.05, 0) is 18.3 Å². The lowest BCUT2D eigenvalue weighted by Crippen LogP contribution is -2.21. The zero-order valence-corrected chi connectivity index (χ0v) is 15.3. The molecule has 0 nitrogen and oxygen atoms in total. The molecule has 0 saturated heterocycles. The van der Waals surface area contributed by atoms with E-state index in [1.165, 1.54) is 19.3 Å². The molecule has 0 N–H and O–H groups in total. The van der Waals surface area contributed by atoms with Crippen LogP contribution in [0.15, 0.2) is 0 Å². The van der Waals surface area contributed by atoms with E-state index in [4.69, 9.17) is 45.0 Å². The molecule has 0 aromatic heterocycles. The van der Waals surface area contributed by atoms with Crippen molar-refractivity contribution in [2.45, 2.75) is 58.5 Å². The molecule has 0 atom stereocenters. The maximum atomic E-state index is 6.75. The van der Waals surface area contributed by atoms with E-state index < -0.39 is 12.2 Å². The predicted molar refractivity (Wildman–Crippen MR) is 88.6 cm³/mol. The Morgan fingerprint density at radius 1 is 1.06 bits per heavy atom. The quantitative estimate of drug-likeness (QED) is 0.447. The van der Waals surface area contributed by atoms with Gasteiger partial charge in [-0.1, -0.05) is 85.0 Å². The van der Waals surface area contributed by atoms with E-state index in [1.807, 2.05) is 0 Å². The third-order valence-electron chi connectivity index (χ3n) is 3.15. The lowest BCUT2D eigenvalue weighted by atomic mass is 10.00. The fourth-order valence-corrected chi connectivity index (χ4v) is 15.6. The molecule has 1 saturated carbocycles. The van der Waals surface area contributed by atoms with Crippen molar-refractivity contribution >= 4 is 62.2 Å². The molecule has 1 fully saturated rings. The maximum Gasteiger partial charge on any atom is 0.115 e. The SMILES string of the molecule is CC(C)(C)C(P(Cl)Cl)=P(Cl)(Cl)C1CCCCC1. The van der Waals surface area contributed by atoms with Crippen molar-refractivity contribution in [2.75, 3.05) is 0 Å². The van der Waals surface area contributed by atoms with Crippen molar-refractivity contribution < 1.29 is 0 Å². The van der Waals surface area contributed by atoms with Crippen LogP contribution in [0, 0.1) is 5.41 Å². The maximum absolute atomic E-state index is 6.75. The Kier molecular flexibility index (Phi) is 6.54. The molecule has 0 bridgehead atoms. The van der Waals surface area contributed by atoms with E-state index in [2.05, 4.69) is 20.8 Å². The first kappa shape index (κ1) is 16.9. The monoisotopic (exact) mass is 354 g/mol. The normalized spacial score (nSPS) is 19.8. The zero-order valence-electron chi connectivity index (χ0n) is 10.5. The molecule has 0 unspecified atom stereocenters. The molecule has 0 spiro atoms. The van der Waals surface area contributed by atoms with Gasteiger partial charge < -0.3 is 0 Å². The minimum absolute atomic E-state index is 0.107. The molecule has 102 valence electrons. The van der Waals surface area contributed by atoms with Gasteiger partial charge in [0, 0.05) is 10.7 Å². The molecule has 0 radical (unpaired) electrons. The summed E-state index contributed by atoms with van der Waals surface area (Å²) in [5, 5.41) is 1.01. The Labute approximate surface area is 126 Å². The molecular weight excluding hydrogens is 336 g/mol. The van der Waals surface area contributed by atoms with Crippen LogP contribution in [0.1, 0.15) is 52.9 Å². The minimum Gasteiger partial charge on any atom is -0.0798 e. The second kappa shape index (κ2) is 6.56. The van der Waals surface area contributed by atoms with Crippen LogP contribution in [0.3, 0.4) is 0 Å². The van der Waals surface area contributed by atoms with Crippen molar-refractivity contribution in [3.8, 4) is 0 Å². The Morgan fingerprint density at radius 2 is 1.53 bits per heavy atom. The van der Waals surface area contributed by atoms with Crippen LogP contribution < -0.4 is 0 Å². The van der Waals surface area contributed by atoms with Gasteiger partial charge in [0.1, 0.15) is 6.63 Å². The highest BCUT2D eigenvalue weighted by Crippen LogP contribution is 2.75. The van der Waals surface area contributed by atoms with Crippen LogP contribution in [0.4, 0.5) is 0 Å². The first-order chi connectivity index (χ1) is 7.67. The molecule has 0 amide bonds. The van der Waals surface area contributed by atoms with Crippen molar-refractivity contribution in [3.05, 3.63) is 0 Å². The average Bonchev–Trinajstić information content (AvgIpc) is 2.15. The van der Waals surface area contributed by atoms with E-state index in [0.717, 1.165) is 17.9 Å². The highest BCUT2D eigenvalue weighted by molar-refractivity contribution is 8.31. The van der Waals surface area contributed by atoms with Gasteiger partial charge in [-0.15, -0.1) is 0 Å². The highest BCUT2D eigenvalue weighted by atomic mass is 35.9. The van der Waals surface area contributed by atoms with Gasteiger partial charge in [0.05, 0.1) is 5.59 Å². The molecule has 6 heteroatoms. The zero-order chi connectivity index (χ0) is 13.3. The molecule has 1 aliphatic carbocycles.